The Kier molecular flexibility index (Phi) is 8.20. The number of carbonyl (C=O) groups is 2. The zero-order valence-corrected chi connectivity index (χ0v) is 26.4. The Bertz CT molecular complexity index is 2000. The number of fused-ring (bicyclic) bond motifs is 1. The van der Waals surface area contributed by atoms with Gasteiger partial charge in [0, 0.05) is 56.7 Å². The van der Waals surface area contributed by atoms with Gasteiger partial charge < -0.3 is 20.5 Å². The number of amides is 2. The Balaban J connectivity index is 1.27. The van der Waals surface area contributed by atoms with Crippen molar-refractivity contribution in [2.45, 2.75) is 32.6 Å². The maximum atomic E-state index is 13.5. The first kappa shape index (κ1) is 30.8. The fourth-order valence-corrected chi connectivity index (χ4v) is 6.34. The maximum absolute atomic E-state index is 13.5. The summed E-state index contributed by atoms with van der Waals surface area (Å²) in [5.41, 5.74) is 11.2. The van der Waals surface area contributed by atoms with Crippen LogP contribution < -0.4 is 16.5 Å². The molecule has 0 aliphatic carbocycles. The lowest BCUT2D eigenvalue weighted by Crippen LogP contribution is -2.40. The van der Waals surface area contributed by atoms with Gasteiger partial charge in [-0.3, -0.25) is 19.1 Å². The number of aromatic nitrogens is 3. The number of benzene rings is 3. The molecule has 6 rings (SSSR count). The molecule has 0 spiro atoms. The van der Waals surface area contributed by atoms with Crippen molar-refractivity contribution in [2.75, 3.05) is 24.1 Å². The summed E-state index contributed by atoms with van der Waals surface area (Å²) in [6, 6.07) is 17.3. The van der Waals surface area contributed by atoms with Crippen LogP contribution in [0.4, 0.5) is 15.9 Å². The number of pyridine rings is 1. The van der Waals surface area contributed by atoms with E-state index < -0.39 is 17.2 Å². The number of carbonyl (C=O) groups excluding carboxylic acids is 2. The molecule has 0 unspecified atom stereocenters. The summed E-state index contributed by atoms with van der Waals surface area (Å²) in [6.07, 6.45) is 4.86. The summed E-state index contributed by atoms with van der Waals surface area (Å²) < 4.78 is 16.9. The zero-order valence-electron chi connectivity index (χ0n) is 26.4. The quantitative estimate of drug-likeness (QED) is 0.244. The average Bonchev–Trinajstić information content (AvgIpc) is 3.34. The number of rotatable bonds is 6. The molecule has 3 aromatic carbocycles. The van der Waals surface area contributed by atoms with Crippen LogP contribution in [0.15, 0.2) is 77.9 Å². The van der Waals surface area contributed by atoms with Crippen molar-refractivity contribution in [1.82, 2.24) is 19.2 Å². The first-order chi connectivity index (χ1) is 22.0. The molecule has 0 bridgehead atoms. The van der Waals surface area contributed by atoms with E-state index in [1.54, 1.807) is 34.6 Å². The smallest absolute Gasteiger partial charge is 0.261 e. The largest absolute Gasteiger partial charge is 0.382 e. The van der Waals surface area contributed by atoms with Gasteiger partial charge in [0.25, 0.3) is 5.91 Å². The molecule has 9 nitrogen and oxygen atoms in total. The third kappa shape index (κ3) is 5.90. The van der Waals surface area contributed by atoms with Gasteiger partial charge in [-0.15, -0.1) is 0 Å². The number of nitrogens with two attached hydrogens (primary N) is 1. The highest BCUT2D eigenvalue weighted by Gasteiger charge is 2.27. The second-order valence-electron chi connectivity index (χ2n) is 12.3. The second-order valence-corrected chi connectivity index (χ2v) is 12.3. The number of piperidine rings is 1. The first-order valence-corrected chi connectivity index (χ1v) is 15.4. The van der Waals surface area contributed by atoms with Crippen molar-refractivity contribution in [1.29, 1.82) is 0 Å². The van der Waals surface area contributed by atoms with Crippen molar-refractivity contribution in [2.24, 2.45) is 20.0 Å². The van der Waals surface area contributed by atoms with Crippen molar-refractivity contribution in [3.05, 3.63) is 100 Å². The molecule has 0 atom stereocenters. The van der Waals surface area contributed by atoms with Gasteiger partial charge in [0.1, 0.15) is 11.4 Å². The molecule has 46 heavy (non-hydrogen) atoms. The Morgan fingerprint density at radius 2 is 1.57 bits per heavy atom. The normalized spacial score (nSPS) is 13.8. The van der Waals surface area contributed by atoms with Crippen molar-refractivity contribution in [3.8, 4) is 22.3 Å². The van der Waals surface area contributed by atoms with E-state index in [2.05, 4.69) is 22.5 Å². The molecular formula is C36H37FN6O3. The van der Waals surface area contributed by atoms with Crippen LogP contribution >= 0.6 is 0 Å². The topological polar surface area (TPSA) is 115 Å². The summed E-state index contributed by atoms with van der Waals surface area (Å²) in [5.74, 6) is -0.0334. The van der Waals surface area contributed by atoms with Gasteiger partial charge in [-0.25, -0.2) is 4.39 Å². The Morgan fingerprint density at radius 3 is 2.22 bits per heavy atom. The summed E-state index contributed by atoms with van der Waals surface area (Å²) in [4.78, 5) is 41.1. The van der Waals surface area contributed by atoms with Gasteiger partial charge in [-0.05, 0) is 77.4 Å². The predicted octanol–water partition coefficient (Wildman–Crippen LogP) is 5.94. The number of hydrogen-bond donors (Lipinski definition) is 2. The van der Waals surface area contributed by atoms with Gasteiger partial charge in [0.2, 0.25) is 11.3 Å². The lowest BCUT2D eigenvalue weighted by atomic mass is 9.86. The number of nitrogens with zero attached hydrogens (tertiary/aromatic N) is 4. The molecule has 1 aliphatic rings. The van der Waals surface area contributed by atoms with Crippen LogP contribution in [-0.2, 0) is 18.9 Å². The van der Waals surface area contributed by atoms with Crippen LogP contribution in [0.25, 0.3) is 33.2 Å². The average molecular weight is 621 g/mol. The molecule has 5 aromatic rings. The molecule has 2 amide bonds. The lowest BCUT2D eigenvalue weighted by molar-refractivity contribution is -0.135. The third-order valence-electron chi connectivity index (χ3n) is 8.78. The number of anilines is 2. The number of likely N-dealkylation sites (tertiary alicyclic amines) is 1. The number of hydrogen-bond acceptors (Lipinski definition) is 5. The maximum Gasteiger partial charge on any atom is 0.261 e. The minimum Gasteiger partial charge on any atom is -0.382 e. The van der Waals surface area contributed by atoms with E-state index in [-0.39, 0.29) is 17.4 Å². The van der Waals surface area contributed by atoms with E-state index in [0.717, 1.165) is 48.0 Å². The fraction of sp³-hybridized carbons (Fsp3) is 0.278. The number of aryl methyl sites for hydroxylation is 2. The molecule has 0 radical (unpaired) electrons. The van der Waals surface area contributed by atoms with Crippen LogP contribution in [0.5, 0.6) is 0 Å². The van der Waals surface area contributed by atoms with E-state index in [9.17, 15) is 18.8 Å². The molecule has 1 fully saturated rings. The molecule has 10 heteroatoms. The highest BCUT2D eigenvalue weighted by molar-refractivity contribution is 6.05. The molecule has 0 saturated carbocycles. The summed E-state index contributed by atoms with van der Waals surface area (Å²) in [5, 5.41) is 8.19. The molecular weight excluding hydrogens is 583 g/mol. The van der Waals surface area contributed by atoms with Gasteiger partial charge in [0.05, 0.1) is 10.9 Å². The molecule has 3 heterocycles. The fourth-order valence-electron chi connectivity index (χ4n) is 6.34. The first-order valence-electron chi connectivity index (χ1n) is 15.4. The third-order valence-corrected chi connectivity index (χ3v) is 8.78. The standard InChI is InChI=1S/C36H37FN6O3/c1-21(2)36(46)43-15-13-22(14-16-43)25-17-28(32-31(18-25)42(4)40-34(32)38)23-7-11-27(12-8-23)39-35(45)30-20-41(3)19-29(33(30)44)24-5-9-26(37)10-6-24/h5-12,17-22H,13-16H2,1-4H3,(H2,38,40)(H,39,45). The molecule has 236 valence electrons. The van der Waals surface area contributed by atoms with Gasteiger partial charge >= 0.3 is 0 Å². The summed E-state index contributed by atoms with van der Waals surface area (Å²) in [6.45, 7) is 5.33. The van der Waals surface area contributed by atoms with Crippen molar-refractivity contribution < 1.29 is 14.0 Å². The highest BCUT2D eigenvalue weighted by Crippen LogP contribution is 2.38. The number of halogens is 1. The minimum atomic E-state index is -0.541. The van der Waals surface area contributed by atoms with Crippen LogP contribution in [0.2, 0.25) is 0 Å². The zero-order chi connectivity index (χ0) is 32.7. The van der Waals surface area contributed by atoms with Crippen LogP contribution in [-0.4, -0.2) is 44.2 Å². The molecule has 1 saturated heterocycles. The van der Waals surface area contributed by atoms with Crippen molar-refractivity contribution >= 4 is 34.2 Å². The number of nitrogen functional groups attached to an aromatic ring is 1. The minimum absolute atomic E-state index is 0.0124. The van der Waals surface area contributed by atoms with E-state index in [0.29, 0.717) is 28.6 Å². The van der Waals surface area contributed by atoms with Crippen LogP contribution in [0.1, 0.15) is 48.5 Å². The van der Waals surface area contributed by atoms with E-state index in [1.165, 1.54) is 36.0 Å². The molecule has 3 N–H and O–H groups in total. The Morgan fingerprint density at radius 1 is 0.935 bits per heavy atom. The predicted molar refractivity (Wildman–Crippen MR) is 179 cm³/mol. The SMILES string of the molecule is CC(C)C(=O)N1CCC(c2cc(-c3ccc(NC(=O)c4cn(C)cc(-c5ccc(F)cc5)c4=O)cc3)c3c(N)nn(C)c3c2)CC1. The highest BCUT2D eigenvalue weighted by atomic mass is 19.1. The molecule has 2 aromatic heterocycles. The van der Waals surface area contributed by atoms with Crippen molar-refractivity contribution in [3.63, 3.8) is 0 Å². The van der Waals surface area contributed by atoms with E-state index in [4.69, 9.17) is 5.73 Å². The van der Waals surface area contributed by atoms with E-state index >= 15 is 0 Å². The monoisotopic (exact) mass is 620 g/mol. The van der Waals surface area contributed by atoms with Crippen LogP contribution in [0.3, 0.4) is 0 Å². The Hall–Kier alpha value is -5.25. The van der Waals surface area contributed by atoms with E-state index in [1.807, 2.05) is 37.9 Å². The summed E-state index contributed by atoms with van der Waals surface area (Å²) in [7, 11) is 3.61. The number of nitrogens with one attached hydrogen (secondary N) is 1. The Labute approximate surface area is 266 Å². The van der Waals surface area contributed by atoms with Gasteiger partial charge in [0.15, 0.2) is 5.82 Å². The second kappa shape index (κ2) is 12.3. The van der Waals surface area contributed by atoms with Crippen LogP contribution in [0, 0.1) is 11.7 Å². The lowest BCUT2D eigenvalue weighted by Gasteiger charge is -2.33. The molecule has 1 aliphatic heterocycles. The van der Waals surface area contributed by atoms with Gasteiger partial charge in [-0.2, -0.15) is 5.10 Å². The van der Waals surface area contributed by atoms with Gasteiger partial charge in [-0.1, -0.05) is 38.1 Å². The summed E-state index contributed by atoms with van der Waals surface area (Å²) >= 11 is 0.